The van der Waals surface area contributed by atoms with Crippen LogP contribution in [0.15, 0.2) is 66.7 Å². The molecule has 0 bridgehead atoms. The summed E-state index contributed by atoms with van der Waals surface area (Å²) in [6.07, 6.45) is 2.22. The van der Waals surface area contributed by atoms with Crippen LogP contribution in [0.3, 0.4) is 0 Å². The number of hydrogen-bond donors (Lipinski definition) is 0. The van der Waals surface area contributed by atoms with Gasteiger partial charge in [0.15, 0.2) is 0 Å². The predicted molar refractivity (Wildman–Crippen MR) is 122 cm³/mol. The lowest BCUT2D eigenvalue weighted by Crippen LogP contribution is -2.51. The monoisotopic (exact) mass is 450 g/mol. The molecule has 0 N–H and O–H groups in total. The molecule has 2 aromatic carbocycles. The van der Waals surface area contributed by atoms with E-state index in [2.05, 4.69) is 0 Å². The molecule has 2 fully saturated rings. The van der Waals surface area contributed by atoms with Crippen LogP contribution in [0.1, 0.15) is 40.5 Å². The van der Waals surface area contributed by atoms with Crippen LogP contribution in [0.25, 0.3) is 5.69 Å². The first kappa shape index (κ1) is 20.9. The number of para-hydroxylation sites is 1. The molecule has 2 aliphatic rings. The Hall–Kier alpha value is -2.97. The predicted octanol–water partition coefficient (Wildman–Crippen LogP) is 3.04. The number of amides is 1. The van der Waals surface area contributed by atoms with E-state index in [9.17, 15) is 13.2 Å². The van der Waals surface area contributed by atoms with E-state index in [-0.39, 0.29) is 11.7 Å². The van der Waals surface area contributed by atoms with Crippen LogP contribution < -0.4 is 0 Å². The number of aromatic nitrogens is 2. The van der Waals surface area contributed by atoms with E-state index in [0.29, 0.717) is 37.8 Å². The van der Waals surface area contributed by atoms with Crippen LogP contribution in [0.4, 0.5) is 0 Å². The van der Waals surface area contributed by atoms with E-state index in [1.54, 1.807) is 9.58 Å². The third-order valence-corrected chi connectivity index (χ3v) is 7.90. The van der Waals surface area contributed by atoms with Crippen molar-refractivity contribution in [1.82, 2.24) is 19.0 Å². The molecule has 1 saturated carbocycles. The van der Waals surface area contributed by atoms with Gasteiger partial charge in [0.05, 0.1) is 17.1 Å². The van der Waals surface area contributed by atoms with Crippen molar-refractivity contribution in [1.29, 1.82) is 0 Å². The van der Waals surface area contributed by atoms with E-state index in [0.717, 1.165) is 29.8 Å². The lowest BCUT2D eigenvalue weighted by molar-refractivity contribution is 0.0688. The van der Waals surface area contributed by atoms with Gasteiger partial charge >= 0.3 is 0 Å². The van der Waals surface area contributed by atoms with Gasteiger partial charge in [-0.25, -0.2) is 13.1 Å². The number of carbonyl (C=O) groups is 1. The van der Waals surface area contributed by atoms with Crippen LogP contribution in [0.5, 0.6) is 0 Å². The van der Waals surface area contributed by atoms with Crippen LogP contribution in [0.2, 0.25) is 0 Å². The highest BCUT2D eigenvalue weighted by molar-refractivity contribution is 7.88. The first-order chi connectivity index (χ1) is 15.5. The minimum absolute atomic E-state index is 0.0205. The quantitative estimate of drug-likeness (QED) is 0.579. The Morgan fingerprint density at radius 1 is 0.906 bits per heavy atom. The van der Waals surface area contributed by atoms with Gasteiger partial charge in [-0.05, 0) is 36.6 Å². The summed E-state index contributed by atoms with van der Waals surface area (Å²) in [6, 6.07) is 20.8. The number of rotatable bonds is 6. The summed E-state index contributed by atoms with van der Waals surface area (Å²) < 4.78 is 28.9. The number of piperazine rings is 1. The zero-order valence-electron chi connectivity index (χ0n) is 17.8. The van der Waals surface area contributed by atoms with Gasteiger partial charge in [-0.2, -0.15) is 9.40 Å². The smallest absolute Gasteiger partial charge is 0.272 e. The van der Waals surface area contributed by atoms with Crippen molar-refractivity contribution in [2.45, 2.75) is 24.5 Å². The number of hydrogen-bond acceptors (Lipinski definition) is 4. The standard InChI is InChI=1S/C24H26N4O3S/c29-24(23-17-22(20-11-12-20)25-28(23)21-9-5-2-6-10-21)26-13-15-27(16-14-26)32(30,31)18-19-7-3-1-4-8-19/h1-10,17,20H,11-16,18H2. The number of carbonyl (C=O) groups excluding carboxylic acids is 1. The Morgan fingerprint density at radius 2 is 1.53 bits per heavy atom. The lowest BCUT2D eigenvalue weighted by atomic mass is 10.2. The summed E-state index contributed by atoms with van der Waals surface area (Å²) in [5, 5.41) is 4.72. The van der Waals surface area contributed by atoms with Crippen molar-refractivity contribution in [2.24, 2.45) is 0 Å². The maximum atomic E-state index is 13.4. The Morgan fingerprint density at radius 3 is 2.16 bits per heavy atom. The molecular weight excluding hydrogens is 424 g/mol. The van der Waals surface area contributed by atoms with Gasteiger partial charge in [-0.3, -0.25) is 4.79 Å². The third-order valence-electron chi connectivity index (χ3n) is 6.05. The fraction of sp³-hybridized carbons (Fsp3) is 0.333. The van der Waals surface area contributed by atoms with Crippen LogP contribution in [-0.4, -0.2) is 59.5 Å². The van der Waals surface area contributed by atoms with Crippen molar-refractivity contribution >= 4 is 15.9 Å². The van der Waals surface area contributed by atoms with E-state index in [1.165, 1.54) is 4.31 Å². The fourth-order valence-electron chi connectivity index (χ4n) is 4.10. The lowest BCUT2D eigenvalue weighted by Gasteiger charge is -2.34. The van der Waals surface area contributed by atoms with E-state index >= 15 is 0 Å². The SMILES string of the molecule is O=C(c1cc(C2CC2)nn1-c1ccccc1)N1CCN(S(=O)(=O)Cc2ccccc2)CC1. The van der Waals surface area contributed by atoms with Gasteiger partial charge in [0.25, 0.3) is 5.91 Å². The minimum atomic E-state index is -3.42. The molecule has 166 valence electrons. The molecule has 32 heavy (non-hydrogen) atoms. The van der Waals surface area contributed by atoms with Gasteiger partial charge in [-0.1, -0.05) is 48.5 Å². The molecule has 0 atom stereocenters. The highest BCUT2D eigenvalue weighted by Gasteiger charge is 2.33. The molecule has 0 unspecified atom stereocenters. The summed E-state index contributed by atoms with van der Waals surface area (Å²) >= 11 is 0. The van der Waals surface area contributed by atoms with Gasteiger partial charge < -0.3 is 4.90 Å². The van der Waals surface area contributed by atoms with Gasteiger partial charge in [0.2, 0.25) is 10.0 Å². The summed E-state index contributed by atoms with van der Waals surface area (Å²) in [5.41, 5.74) is 3.12. The van der Waals surface area contributed by atoms with Crippen LogP contribution in [-0.2, 0) is 15.8 Å². The molecule has 5 rings (SSSR count). The molecule has 0 spiro atoms. The highest BCUT2D eigenvalue weighted by Crippen LogP contribution is 2.40. The average molecular weight is 451 g/mol. The maximum Gasteiger partial charge on any atom is 0.272 e. The van der Waals surface area contributed by atoms with Gasteiger partial charge in [-0.15, -0.1) is 0 Å². The molecule has 0 radical (unpaired) electrons. The molecular formula is C24H26N4O3S. The average Bonchev–Trinajstić information content (AvgIpc) is 3.58. The van der Waals surface area contributed by atoms with Crippen LogP contribution >= 0.6 is 0 Å². The normalized spacial score (nSPS) is 17.4. The molecule has 1 aromatic heterocycles. The zero-order chi connectivity index (χ0) is 22.1. The first-order valence-corrected chi connectivity index (χ1v) is 12.6. The zero-order valence-corrected chi connectivity index (χ0v) is 18.6. The molecule has 7 nitrogen and oxygen atoms in total. The fourth-order valence-corrected chi connectivity index (χ4v) is 5.62. The molecule has 3 aromatic rings. The van der Waals surface area contributed by atoms with E-state index in [4.69, 9.17) is 5.10 Å². The van der Waals surface area contributed by atoms with E-state index in [1.807, 2.05) is 66.7 Å². The minimum Gasteiger partial charge on any atom is -0.335 e. The largest absolute Gasteiger partial charge is 0.335 e. The highest BCUT2D eigenvalue weighted by atomic mass is 32.2. The van der Waals surface area contributed by atoms with Crippen molar-refractivity contribution < 1.29 is 13.2 Å². The molecule has 1 aliphatic carbocycles. The topological polar surface area (TPSA) is 75.5 Å². The first-order valence-electron chi connectivity index (χ1n) is 11.0. The van der Waals surface area contributed by atoms with Crippen molar-refractivity contribution in [3.63, 3.8) is 0 Å². The van der Waals surface area contributed by atoms with Crippen molar-refractivity contribution in [3.05, 3.63) is 83.7 Å². The Kier molecular flexibility index (Phi) is 5.57. The second kappa shape index (κ2) is 8.52. The summed E-state index contributed by atoms with van der Waals surface area (Å²) in [4.78, 5) is 15.1. The molecule has 8 heteroatoms. The molecule has 2 heterocycles. The molecule has 1 saturated heterocycles. The van der Waals surface area contributed by atoms with E-state index < -0.39 is 10.0 Å². The van der Waals surface area contributed by atoms with Crippen LogP contribution in [0, 0.1) is 0 Å². The Balaban J connectivity index is 1.31. The number of nitrogens with zero attached hydrogens (tertiary/aromatic N) is 4. The van der Waals surface area contributed by atoms with Crippen molar-refractivity contribution in [3.8, 4) is 5.69 Å². The maximum absolute atomic E-state index is 13.4. The number of benzene rings is 2. The van der Waals surface area contributed by atoms with Crippen molar-refractivity contribution in [2.75, 3.05) is 26.2 Å². The van der Waals surface area contributed by atoms with Gasteiger partial charge in [0, 0.05) is 32.1 Å². The van der Waals surface area contributed by atoms with Gasteiger partial charge in [0.1, 0.15) is 5.69 Å². The Bertz CT molecular complexity index is 1200. The molecule has 1 aliphatic heterocycles. The number of sulfonamides is 1. The second-order valence-electron chi connectivity index (χ2n) is 8.41. The summed E-state index contributed by atoms with van der Waals surface area (Å²) in [5.74, 6) is 0.313. The Labute approximate surface area is 188 Å². The summed E-state index contributed by atoms with van der Waals surface area (Å²) in [7, 11) is -3.42. The summed E-state index contributed by atoms with van der Waals surface area (Å²) in [6.45, 7) is 1.34. The second-order valence-corrected chi connectivity index (χ2v) is 10.4. The molecule has 1 amide bonds. The third kappa shape index (κ3) is 4.33.